The number of ether oxygens (including phenoxy) is 1. The molecule has 1 aromatic rings. The van der Waals surface area contributed by atoms with Gasteiger partial charge in [-0.15, -0.1) is 0 Å². The van der Waals surface area contributed by atoms with Gasteiger partial charge in [0.15, 0.2) is 0 Å². The Balaban J connectivity index is 1.76. The zero-order valence-corrected chi connectivity index (χ0v) is 13.2. The van der Waals surface area contributed by atoms with Gasteiger partial charge in [-0.25, -0.2) is 21.9 Å². The molecule has 0 saturated heterocycles. The van der Waals surface area contributed by atoms with E-state index in [4.69, 9.17) is 4.74 Å². The van der Waals surface area contributed by atoms with E-state index in [1.165, 1.54) is 19.3 Å². The van der Waals surface area contributed by atoms with E-state index in [2.05, 4.69) is 4.72 Å². The number of rotatable bonds is 7. The summed E-state index contributed by atoms with van der Waals surface area (Å²) in [5.74, 6) is -1.75. The lowest BCUT2D eigenvalue weighted by atomic mass is 9.98. The number of halogens is 2. The third kappa shape index (κ3) is 5.00. The second kappa shape index (κ2) is 7.99. The average molecular weight is 333 g/mol. The van der Waals surface area contributed by atoms with Gasteiger partial charge in [-0.3, -0.25) is 0 Å². The summed E-state index contributed by atoms with van der Waals surface area (Å²) in [6.07, 6.45) is 6.48. The molecule has 0 spiro atoms. The molecular formula is C15H21F2NO3S. The fourth-order valence-electron chi connectivity index (χ4n) is 2.52. The summed E-state index contributed by atoms with van der Waals surface area (Å²) >= 11 is 0. The Hall–Kier alpha value is -1.05. The van der Waals surface area contributed by atoms with Gasteiger partial charge < -0.3 is 4.74 Å². The molecule has 1 aromatic carbocycles. The lowest BCUT2D eigenvalue weighted by molar-refractivity contribution is 0.0278. The Kier molecular flexibility index (Phi) is 6.28. The van der Waals surface area contributed by atoms with Gasteiger partial charge in [-0.05, 0) is 37.5 Å². The van der Waals surface area contributed by atoms with Crippen LogP contribution in [0.2, 0.25) is 0 Å². The molecule has 0 aromatic heterocycles. The van der Waals surface area contributed by atoms with Crippen LogP contribution in [0.15, 0.2) is 23.1 Å². The minimum absolute atomic E-state index is 0.130. The molecule has 124 valence electrons. The van der Waals surface area contributed by atoms with Crippen LogP contribution in [0.4, 0.5) is 8.78 Å². The van der Waals surface area contributed by atoms with Crippen LogP contribution in [0.25, 0.3) is 0 Å². The van der Waals surface area contributed by atoms with Crippen molar-refractivity contribution in [1.82, 2.24) is 4.72 Å². The first-order chi connectivity index (χ1) is 10.5. The van der Waals surface area contributed by atoms with Crippen molar-refractivity contribution in [1.29, 1.82) is 0 Å². The van der Waals surface area contributed by atoms with Crippen LogP contribution in [0.1, 0.15) is 38.5 Å². The maximum atomic E-state index is 13.5. The van der Waals surface area contributed by atoms with Gasteiger partial charge in [0, 0.05) is 13.2 Å². The monoisotopic (exact) mass is 333 g/mol. The Morgan fingerprint density at radius 2 is 1.91 bits per heavy atom. The van der Waals surface area contributed by atoms with Crippen LogP contribution in [-0.2, 0) is 14.8 Å². The third-order valence-corrected chi connectivity index (χ3v) is 5.18. The topological polar surface area (TPSA) is 55.4 Å². The highest BCUT2D eigenvalue weighted by Gasteiger charge is 2.19. The molecule has 1 aliphatic rings. The maximum Gasteiger partial charge on any atom is 0.243 e. The lowest BCUT2D eigenvalue weighted by Gasteiger charge is -2.21. The average Bonchev–Trinajstić information content (AvgIpc) is 2.50. The van der Waals surface area contributed by atoms with Gasteiger partial charge in [0.25, 0.3) is 0 Å². The predicted molar refractivity (Wildman–Crippen MR) is 79.0 cm³/mol. The molecule has 2 rings (SSSR count). The van der Waals surface area contributed by atoms with Gasteiger partial charge >= 0.3 is 0 Å². The van der Waals surface area contributed by atoms with Crippen molar-refractivity contribution in [3.63, 3.8) is 0 Å². The normalized spacial score (nSPS) is 16.8. The van der Waals surface area contributed by atoms with E-state index < -0.39 is 26.6 Å². The van der Waals surface area contributed by atoms with E-state index in [9.17, 15) is 17.2 Å². The highest BCUT2D eigenvalue weighted by Crippen LogP contribution is 2.20. The predicted octanol–water partition coefficient (Wildman–Crippen LogP) is 2.98. The Morgan fingerprint density at radius 1 is 1.18 bits per heavy atom. The number of hydrogen-bond donors (Lipinski definition) is 1. The van der Waals surface area contributed by atoms with Gasteiger partial charge in [0.2, 0.25) is 10.0 Å². The fourth-order valence-corrected chi connectivity index (χ4v) is 3.68. The molecule has 0 heterocycles. The van der Waals surface area contributed by atoms with Gasteiger partial charge in [-0.1, -0.05) is 19.3 Å². The summed E-state index contributed by atoms with van der Waals surface area (Å²) in [7, 11) is -4.04. The van der Waals surface area contributed by atoms with E-state index in [1.807, 2.05) is 0 Å². The largest absolute Gasteiger partial charge is 0.378 e. The summed E-state index contributed by atoms with van der Waals surface area (Å²) < 4.78 is 58.3. The van der Waals surface area contributed by atoms with Crippen molar-refractivity contribution in [3.8, 4) is 0 Å². The highest BCUT2D eigenvalue weighted by molar-refractivity contribution is 7.89. The fraction of sp³-hybridized carbons (Fsp3) is 0.600. The summed E-state index contributed by atoms with van der Waals surface area (Å²) in [5, 5.41) is 0. The minimum Gasteiger partial charge on any atom is -0.378 e. The van der Waals surface area contributed by atoms with E-state index in [-0.39, 0.29) is 12.6 Å². The van der Waals surface area contributed by atoms with Crippen molar-refractivity contribution in [2.75, 3.05) is 13.2 Å². The first kappa shape index (κ1) is 17.3. The summed E-state index contributed by atoms with van der Waals surface area (Å²) in [5.41, 5.74) is 0. The second-order valence-electron chi connectivity index (χ2n) is 5.46. The highest BCUT2D eigenvalue weighted by atomic mass is 32.2. The zero-order valence-electron chi connectivity index (χ0n) is 12.4. The maximum absolute atomic E-state index is 13.5. The molecule has 0 atom stereocenters. The Labute approximate surface area is 129 Å². The first-order valence-corrected chi connectivity index (χ1v) is 9.04. The molecule has 0 amide bonds. The van der Waals surface area contributed by atoms with Crippen molar-refractivity contribution in [2.24, 2.45) is 0 Å². The molecule has 1 aliphatic carbocycles. The molecule has 4 nitrogen and oxygen atoms in total. The van der Waals surface area contributed by atoms with E-state index >= 15 is 0 Å². The van der Waals surface area contributed by atoms with Gasteiger partial charge in [0.05, 0.1) is 6.10 Å². The van der Waals surface area contributed by atoms with Crippen LogP contribution in [-0.4, -0.2) is 27.7 Å². The quantitative estimate of drug-likeness (QED) is 0.781. The van der Waals surface area contributed by atoms with Crippen LogP contribution in [0, 0.1) is 11.6 Å². The third-order valence-electron chi connectivity index (χ3n) is 3.70. The molecule has 0 unspecified atom stereocenters. The molecule has 22 heavy (non-hydrogen) atoms. The number of sulfonamides is 1. The summed E-state index contributed by atoms with van der Waals surface area (Å²) in [6.45, 7) is 0.587. The van der Waals surface area contributed by atoms with Crippen LogP contribution in [0.5, 0.6) is 0 Å². The van der Waals surface area contributed by atoms with Gasteiger partial charge in [-0.2, -0.15) is 0 Å². The van der Waals surface area contributed by atoms with E-state index in [0.717, 1.165) is 25.0 Å². The molecule has 7 heteroatoms. The van der Waals surface area contributed by atoms with Crippen molar-refractivity contribution in [2.45, 2.75) is 49.5 Å². The van der Waals surface area contributed by atoms with E-state index in [1.54, 1.807) is 0 Å². The number of nitrogens with one attached hydrogen (secondary N) is 1. The lowest BCUT2D eigenvalue weighted by Crippen LogP contribution is -2.27. The van der Waals surface area contributed by atoms with Crippen LogP contribution in [0.3, 0.4) is 0 Å². The van der Waals surface area contributed by atoms with Gasteiger partial charge in [0.1, 0.15) is 16.5 Å². The van der Waals surface area contributed by atoms with Crippen LogP contribution < -0.4 is 4.72 Å². The standard InChI is InChI=1S/C15H21F2NO3S/c16-12-7-8-14(17)15(11-12)22(19,20)18-9-4-10-21-13-5-2-1-3-6-13/h7-8,11,13,18H,1-6,9-10H2. The van der Waals surface area contributed by atoms with Crippen molar-refractivity contribution >= 4 is 10.0 Å². The second-order valence-corrected chi connectivity index (χ2v) is 7.19. The molecule has 1 fully saturated rings. The molecule has 0 radical (unpaired) electrons. The molecule has 0 aliphatic heterocycles. The van der Waals surface area contributed by atoms with Crippen LogP contribution >= 0.6 is 0 Å². The Morgan fingerprint density at radius 3 is 2.64 bits per heavy atom. The molecule has 1 N–H and O–H groups in total. The molecule has 0 bridgehead atoms. The smallest absolute Gasteiger partial charge is 0.243 e. The van der Waals surface area contributed by atoms with Crippen molar-refractivity contribution in [3.05, 3.63) is 29.8 Å². The minimum atomic E-state index is -4.04. The van der Waals surface area contributed by atoms with E-state index in [0.29, 0.717) is 19.1 Å². The first-order valence-electron chi connectivity index (χ1n) is 7.55. The SMILES string of the molecule is O=S(=O)(NCCCOC1CCCCC1)c1cc(F)ccc1F. The number of benzene rings is 1. The molecule has 1 saturated carbocycles. The summed E-state index contributed by atoms with van der Waals surface area (Å²) in [6, 6.07) is 2.36. The zero-order chi connectivity index (χ0) is 16.0. The van der Waals surface area contributed by atoms with Crippen molar-refractivity contribution < 1.29 is 21.9 Å². The Bertz CT molecular complexity index is 586. The summed E-state index contributed by atoms with van der Waals surface area (Å²) in [4.78, 5) is -0.666. The molecular weight excluding hydrogens is 312 g/mol. The number of hydrogen-bond acceptors (Lipinski definition) is 3.